The molecule has 9 heteroatoms. The fraction of sp³-hybridized carbons (Fsp3) is 0.808. The number of carboxylic acid groups (broad SMARTS) is 1. The third kappa shape index (κ3) is 70.1. The van der Waals surface area contributed by atoms with Crippen molar-refractivity contribution in [2.45, 2.75) is 360 Å². The summed E-state index contributed by atoms with van der Waals surface area (Å²) in [6.07, 6.45) is 88.5. The van der Waals surface area contributed by atoms with Crippen LogP contribution in [0.5, 0.6) is 0 Å². The van der Waals surface area contributed by atoms with Crippen LogP contribution >= 0.6 is 0 Å². The number of esters is 2. The molecule has 0 amide bonds. The fourth-order valence-corrected chi connectivity index (χ4v) is 10.7. The van der Waals surface area contributed by atoms with Gasteiger partial charge in [0.2, 0.25) is 0 Å². The van der Waals surface area contributed by atoms with Crippen LogP contribution in [0.15, 0.2) is 72.9 Å². The number of likely N-dealkylation sites (N-methyl/N-ethyl adjacent to an activating group) is 1. The first-order valence-electron chi connectivity index (χ1n) is 37.1. The molecular weight excluding hydrogens is 1080 g/mol. The van der Waals surface area contributed by atoms with Crippen LogP contribution in [0.3, 0.4) is 0 Å². The number of rotatable bonds is 69. The molecule has 0 rings (SSSR count). The van der Waals surface area contributed by atoms with Gasteiger partial charge in [0.05, 0.1) is 40.3 Å². The van der Waals surface area contributed by atoms with Crippen molar-refractivity contribution in [3.63, 3.8) is 0 Å². The quantitative estimate of drug-likeness (QED) is 0.0195. The Bertz CT molecular complexity index is 1660. The summed E-state index contributed by atoms with van der Waals surface area (Å²) in [5, 5.41) is 11.8. The van der Waals surface area contributed by atoms with Crippen LogP contribution in [0.1, 0.15) is 348 Å². The monoisotopic (exact) mass is 1220 g/mol. The maximum Gasteiger partial charge on any atom is 0.306 e. The van der Waals surface area contributed by atoms with E-state index in [1.807, 2.05) is 21.1 Å². The first kappa shape index (κ1) is 83.7. The van der Waals surface area contributed by atoms with E-state index in [9.17, 15) is 19.5 Å². The molecule has 0 saturated carbocycles. The van der Waals surface area contributed by atoms with Crippen molar-refractivity contribution < 1.29 is 42.9 Å². The van der Waals surface area contributed by atoms with Gasteiger partial charge in [0.25, 0.3) is 0 Å². The van der Waals surface area contributed by atoms with Crippen molar-refractivity contribution in [3.8, 4) is 0 Å². The second-order valence-corrected chi connectivity index (χ2v) is 26.2. The molecule has 2 unspecified atom stereocenters. The summed E-state index contributed by atoms with van der Waals surface area (Å²) in [6, 6.07) is 0. The molecule has 0 aliphatic carbocycles. The van der Waals surface area contributed by atoms with Crippen molar-refractivity contribution >= 4 is 17.9 Å². The summed E-state index contributed by atoms with van der Waals surface area (Å²) >= 11 is 0. The minimum Gasteiger partial charge on any atom is -0.545 e. The average molecular weight is 1220 g/mol. The molecule has 0 heterocycles. The molecule has 9 nitrogen and oxygen atoms in total. The molecule has 0 aliphatic rings. The number of unbranched alkanes of at least 4 members (excludes halogenated alkanes) is 42. The normalized spacial score (nSPS) is 13.1. The van der Waals surface area contributed by atoms with Gasteiger partial charge in [0.15, 0.2) is 12.4 Å². The van der Waals surface area contributed by atoms with E-state index in [1.54, 1.807) is 0 Å². The maximum atomic E-state index is 13.0. The Morgan fingerprint density at radius 3 is 0.920 bits per heavy atom. The number of hydrogen-bond acceptors (Lipinski definition) is 8. The van der Waals surface area contributed by atoms with Gasteiger partial charge in [-0.05, 0) is 89.9 Å². The van der Waals surface area contributed by atoms with E-state index < -0.39 is 24.3 Å². The molecule has 0 aromatic heterocycles. The largest absolute Gasteiger partial charge is 0.545 e. The summed E-state index contributed by atoms with van der Waals surface area (Å²) in [7, 11) is 5.94. The van der Waals surface area contributed by atoms with E-state index in [0.717, 1.165) is 57.8 Å². The second kappa shape index (κ2) is 68.6. The van der Waals surface area contributed by atoms with E-state index in [0.29, 0.717) is 23.9 Å². The number of carbonyl (C=O) groups excluding carboxylic acids is 3. The molecule has 2 atom stereocenters. The van der Waals surface area contributed by atoms with Crippen molar-refractivity contribution in [1.82, 2.24) is 0 Å². The lowest BCUT2D eigenvalue weighted by Crippen LogP contribution is -2.44. The molecule has 0 spiro atoms. The molecule has 87 heavy (non-hydrogen) atoms. The zero-order valence-corrected chi connectivity index (χ0v) is 57.9. The molecule has 506 valence electrons. The first-order chi connectivity index (χ1) is 42.6. The molecule has 0 N–H and O–H groups in total. The van der Waals surface area contributed by atoms with Gasteiger partial charge in [-0.15, -0.1) is 0 Å². The van der Waals surface area contributed by atoms with Crippen LogP contribution in [0.25, 0.3) is 0 Å². The van der Waals surface area contributed by atoms with E-state index in [1.165, 1.54) is 257 Å². The number of carboxylic acids is 1. The van der Waals surface area contributed by atoms with Gasteiger partial charge in [-0.25, -0.2) is 0 Å². The number of ether oxygens (including phenoxy) is 4. The van der Waals surface area contributed by atoms with Gasteiger partial charge in [-0.1, -0.05) is 318 Å². The molecule has 0 aromatic carbocycles. The van der Waals surface area contributed by atoms with E-state index in [2.05, 4.69) is 86.8 Å². The van der Waals surface area contributed by atoms with Crippen molar-refractivity contribution in [1.29, 1.82) is 0 Å². The molecule has 0 aliphatic heterocycles. The molecule has 0 bridgehead atoms. The number of hydrogen-bond donors (Lipinski definition) is 0. The zero-order chi connectivity index (χ0) is 63.3. The minimum absolute atomic E-state index is 0.147. The predicted molar refractivity (Wildman–Crippen MR) is 371 cm³/mol. The Balaban J connectivity index is 4.07. The highest BCUT2D eigenvalue weighted by Crippen LogP contribution is 2.18. The predicted octanol–water partition coefficient (Wildman–Crippen LogP) is 21.9. The SMILES string of the molecule is CCCCCCC/C=C\C/C=C\C/C=C\CCCCCCCCCCCCCCCCCCCCC(=O)OC(COC(=O)CCCCCCCCCCCCCCCC/C=C\C/C=C\C/C=C\CCCCCCC)COC(OCC[N+](C)(C)C)C(=O)[O-]. The molecule has 0 fully saturated rings. The number of nitrogens with zero attached hydrogens (tertiary/aromatic N) is 1. The highest BCUT2D eigenvalue weighted by atomic mass is 16.7. The van der Waals surface area contributed by atoms with Gasteiger partial charge in [0.1, 0.15) is 13.2 Å². The summed E-state index contributed by atoms with van der Waals surface area (Å²) in [5.41, 5.74) is 0. The lowest BCUT2D eigenvalue weighted by atomic mass is 10.0. The lowest BCUT2D eigenvalue weighted by molar-refractivity contribution is -0.870. The summed E-state index contributed by atoms with van der Waals surface area (Å²) < 4.78 is 22.8. The topological polar surface area (TPSA) is 111 Å². The highest BCUT2D eigenvalue weighted by Gasteiger charge is 2.22. The van der Waals surface area contributed by atoms with Crippen LogP contribution in [-0.4, -0.2) is 82.3 Å². The van der Waals surface area contributed by atoms with Gasteiger partial charge < -0.3 is 33.3 Å². The third-order valence-electron chi connectivity index (χ3n) is 16.4. The minimum atomic E-state index is -1.62. The smallest absolute Gasteiger partial charge is 0.306 e. The van der Waals surface area contributed by atoms with E-state index in [4.69, 9.17) is 18.9 Å². The number of carbonyl (C=O) groups is 3. The van der Waals surface area contributed by atoms with Gasteiger partial charge in [-0.3, -0.25) is 9.59 Å². The Kier molecular flexibility index (Phi) is 66.1. The van der Waals surface area contributed by atoms with Crippen LogP contribution in [0, 0.1) is 0 Å². The van der Waals surface area contributed by atoms with Crippen molar-refractivity contribution in [3.05, 3.63) is 72.9 Å². The number of allylic oxidation sites excluding steroid dienone is 12. The van der Waals surface area contributed by atoms with Crippen molar-refractivity contribution in [2.75, 3.05) is 47.5 Å². The molecule has 0 saturated heterocycles. The van der Waals surface area contributed by atoms with Crippen LogP contribution in [-0.2, 0) is 33.3 Å². The summed E-state index contributed by atoms with van der Waals surface area (Å²) in [4.78, 5) is 37.5. The third-order valence-corrected chi connectivity index (χ3v) is 16.4. The molecule has 0 aromatic rings. The number of quaternary nitrogens is 1. The maximum absolute atomic E-state index is 13.0. The van der Waals surface area contributed by atoms with Gasteiger partial charge in [-0.2, -0.15) is 0 Å². The Morgan fingerprint density at radius 2 is 0.621 bits per heavy atom. The first-order valence-corrected chi connectivity index (χ1v) is 37.1. The van der Waals surface area contributed by atoms with Crippen LogP contribution in [0.4, 0.5) is 0 Å². The Morgan fingerprint density at radius 1 is 0.345 bits per heavy atom. The fourth-order valence-electron chi connectivity index (χ4n) is 10.7. The zero-order valence-electron chi connectivity index (χ0n) is 57.9. The molecule has 0 radical (unpaired) electrons. The average Bonchev–Trinajstić information content (AvgIpc) is 3.59. The van der Waals surface area contributed by atoms with Crippen molar-refractivity contribution in [2.24, 2.45) is 0 Å². The standard InChI is InChI=1S/C78H141NO8/c1-6-8-10-12-14-16-18-20-22-24-26-28-30-32-34-36-37-38-39-41-43-45-47-49-51-53-55-57-59-61-63-65-67-69-76(81)87-74(73-86-78(77(82)83)84-71-70-79(3,4)5)72-85-75(80)68-66-64-62-60-58-56-54-52-50-48-46-44-42-40-35-33-31-29-27-25-23-21-19-17-15-13-11-9-7-2/h18-21,24-27,30-33,74,78H,6-17,22-23,28-29,34-73H2,1-5H3/b20-18-,21-19-,26-24-,27-25-,32-30-,33-31-. The van der Waals surface area contributed by atoms with E-state index >= 15 is 0 Å². The van der Waals surface area contributed by atoms with Crippen LogP contribution < -0.4 is 5.11 Å². The Labute approximate surface area is 538 Å². The van der Waals surface area contributed by atoms with Crippen LogP contribution in [0.2, 0.25) is 0 Å². The van der Waals surface area contributed by atoms with Gasteiger partial charge >= 0.3 is 11.9 Å². The van der Waals surface area contributed by atoms with E-state index in [-0.39, 0.29) is 32.2 Å². The Hall–Kier alpha value is -3.27. The number of aliphatic carboxylic acids is 1. The van der Waals surface area contributed by atoms with Gasteiger partial charge in [0, 0.05) is 12.8 Å². The summed E-state index contributed by atoms with van der Waals surface area (Å²) in [6.45, 7) is 4.77. The lowest BCUT2D eigenvalue weighted by Gasteiger charge is -2.26. The second-order valence-electron chi connectivity index (χ2n) is 26.2. The highest BCUT2D eigenvalue weighted by molar-refractivity contribution is 5.70. The molecular formula is C78H141NO8. The summed E-state index contributed by atoms with van der Waals surface area (Å²) in [5.74, 6) is -2.27.